The van der Waals surface area contributed by atoms with E-state index in [2.05, 4.69) is 5.32 Å². The molecule has 8 nitrogen and oxygen atoms in total. The van der Waals surface area contributed by atoms with Gasteiger partial charge in [-0.3, -0.25) is 9.59 Å². The van der Waals surface area contributed by atoms with Crippen LogP contribution in [-0.4, -0.2) is 20.2 Å². The number of nitriles is 1. The standard InChI is InChI=1S/C24H18N4O4S/c25-14-20(23(29)27-17-10-12-18(13-11-17)33(26,31)32)22-19-8-4-5-9-21(19)28(24(22)30)15-16-6-2-1-3-7-16/h1-13H,15H2,(H,27,29)(H2,26,31,32)/b22-20+. The molecule has 1 aliphatic heterocycles. The number of anilines is 2. The molecular weight excluding hydrogens is 440 g/mol. The molecule has 0 aromatic heterocycles. The van der Waals surface area contributed by atoms with E-state index in [9.17, 15) is 23.3 Å². The highest BCUT2D eigenvalue weighted by molar-refractivity contribution is 7.89. The number of carbonyl (C=O) groups is 2. The fraction of sp³-hybridized carbons (Fsp3) is 0.0417. The molecule has 164 valence electrons. The van der Waals surface area contributed by atoms with Gasteiger partial charge in [0.15, 0.2) is 0 Å². The summed E-state index contributed by atoms with van der Waals surface area (Å²) in [6.07, 6.45) is 0. The smallest absolute Gasteiger partial charge is 0.267 e. The fourth-order valence-electron chi connectivity index (χ4n) is 3.59. The van der Waals surface area contributed by atoms with Crippen molar-refractivity contribution in [1.29, 1.82) is 5.26 Å². The molecule has 3 aromatic rings. The zero-order valence-corrected chi connectivity index (χ0v) is 18.0. The Balaban J connectivity index is 1.69. The summed E-state index contributed by atoms with van der Waals surface area (Å²) in [4.78, 5) is 27.7. The van der Waals surface area contributed by atoms with Gasteiger partial charge in [0.25, 0.3) is 11.8 Å². The number of rotatable bonds is 5. The van der Waals surface area contributed by atoms with Gasteiger partial charge in [-0.1, -0.05) is 48.5 Å². The molecule has 3 aromatic carbocycles. The first-order valence-electron chi connectivity index (χ1n) is 9.83. The van der Waals surface area contributed by atoms with Crippen LogP contribution in [0.4, 0.5) is 11.4 Å². The molecule has 33 heavy (non-hydrogen) atoms. The Morgan fingerprint density at radius 2 is 1.61 bits per heavy atom. The van der Waals surface area contributed by atoms with Gasteiger partial charge in [-0.25, -0.2) is 13.6 Å². The molecule has 0 aliphatic carbocycles. The molecule has 2 amide bonds. The molecule has 0 unspecified atom stereocenters. The zero-order chi connectivity index (χ0) is 23.6. The largest absolute Gasteiger partial charge is 0.321 e. The lowest BCUT2D eigenvalue weighted by Crippen LogP contribution is -2.27. The van der Waals surface area contributed by atoms with E-state index < -0.39 is 21.8 Å². The van der Waals surface area contributed by atoms with Crippen LogP contribution in [-0.2, 0) is 26.2 Å². The number of fused-ring (bicyclic) bond motifs is 1. The molecular formula is C24H18N4O4S. The van der Waals surface area contributed by atoms with Crippen molar-refractivity contribution >= 4 is 38.8 Å². The van der Waals surface area contributed by atoms with Crippen molar-refractivity contribution in [3.8, 4) is 6.07 Å². The van der Waals surface area contributed by atoms with Gasteiger partial charge in [0.1, 0.15) is 11.6 Å². The maximum Gasteiger partial charge on any atom is 0.267 e. The molecule has 0 saturated carbocycles. The number of nitrogens with one attached hydrogen (secondary N) is 1. The third-order valence-corrected chi connectivity index (χ3v) is 6.07. The van der Waals surface area contributed by atoms with E-state index in [4.69, 9.17) is 5.14 Å². The summed E-state index contributed by atoms with van der Waals surface area (Å²) in [6, 6.07) is 23.4. The lowest BCUT2D eigenvalue weighted by atomic mass is 10.0. The van der Waals surface area contributed by atoms with Crippen LogP contribution < -0.4 is 15.4 Å². The van der Waals surface area contributed by atoms with Gasteiger partial charge in [-0.05, 0) is 35.9 Å². The van der Waals surface area contributed by atoms with Crippen molar-refractivity contribution in [3.63, 3.8) is 0 Å². The summed E-state index contributed by atoms with van der Waals surface area (Å²) in [7, 11) is -3.88. The number of benzene rings is 3. The summed E-state index contributed by atoms with van der Waals surface area (Å²) in [5.74, 6) is -1.23. The minimum atomic E-state index is -3.88. The van der Waals surface area contributed by atoms with E-state index in [-0.39, 0.29) is 28.3 Å². The summed E-state index contributed by atoms with van der Waals surface area (Å²) >= 11 is 0. The number of carbonyl (C=O) groups excluding carboxylic acids is 2. The van der Waals surface area contributed by atoms with Crippen LogP contribution in [0.1, 0.15) is 11.1 Å². The number of hydrogen-bond acceptors (Lipinski definition) is 5. The number of sulfonamides is 1. The monoisotopic (exact) mass is 458 g/mol. The van der Waals surface area contributed by atoms with Gasteiger partial charge in [0.05, 0.1) is 22.7 Å². The predicted octanol–water partition coefficient (Wildman–Crippen LogP) is 2.80. The van der Waals surface area contributed by atoms with Crippen LogP contribution in [0.25, 0.3) is 5.57 Å². The normalized spacial score (nSPS) is 14.4. The molecule has 0 radical (unpaired) electrons. The average molecular weight is 458 g/mol. The van der Waals surface area contributed by atoms with E-state index in [1.165, 1.54) is 29.2 Å². The van der Waals surface area contributed by atoms with E-state index in [1.807, 2.05) is 36.4 Å². The average Bonchev–Trinajstić information content (AvgIpc) is 3.07. The SMILES string of the molecule is N#C/C(C(=O)Nc1ccc(S(N)(=O)=O)cc1)=C1\C(=O)N(Cc2ccccc2)c2ccccc21. The van der Waals surface area contributed by atoms with Crippen molar-refractivity contribution in [2.75, 3.05) is 10.2 Å². The summed E-state index contributed by atoms with van der Waals surface area (Å²) in [6.45, 7) is 0.287. The third-order valence-electron chi connectivity index (χ3n) is 5.14. The first kappa shape index (κ1) is 22.0. The van der Waals surface area contributed by atoms with Crippen molar-refractivity contribution in [3.05, 3.63) is 95.6 Å². The molecule has 1 heterocycles. The van der Waals surface area contributed by atoms with E-state index >= 15 is 0 Å². The van der Waals surface area contributed by atoms with Crippen molar-refractivity contribution in [1.82, 2.24) is 0 Å². The number of primary sulfonamides is 1. The van der Waals surface area contributed by atoms with Crippen molar-refractivity contribution in [2.45, 2.75) is 11.4 Å². The van der Waals surface area contributed by atoms with Gasteiger partial charge in [0, 0.05) is 11.3 Å². The first-order valence-corrected chi connectivity index (χ1v) is 11.4. The van der Waals surface area contributed by atoms with Crippen LogP contribution >= 0.6 is 0 Å². The maximum absolute atomic E-state index is 13.3. The maximum atomic E-state index is 13.3. The fourth-order valence-corrected chi connectivity index (χ4v) is 4.10. The lowest BCUT2D eigenvalue weighted by Gasteiger charge is -2.17. The van der Waals surface area contributed by atoms with Crippen LogP contribution in [0.5, 0.6) is 0 Å². The van der Waals surface area contributed by atoms with E-state index in [0.717, 1.165) is 5.56 Å². The molecule has 0 saturated heterocycles. The van der Waals surface area contributed by atoms with Gasteiger partial charge < -0.3 is 10.2 Å². The van der Waals surface area contributed by atoms with Crippen LogP contribution in [0.2, 0.25) is 0 Å². The second-order valence-electron chi connectivity index (χ2n) is 7.28. The number of para-hydroxylation sites is 1. The Bertz CT molecular complexity index is 1420. The summed E-state index contributed by atoms with van der Waals surface area (Å²) in [5, 5.41) is 17.4. The van der Waals surface area contributed by atoms with Gasteiger partial charge in [-0.2, -0.15) is 5.26 Å². The Morgan fingerprint density at radius 3 is 2.24 bits per heavy atom. The summed E-state index contributed by atoms with van der Waals surface area (Å²) in [5.41, 5.74) is 1.94. The second kappa shape index (κ2) is 8.70. The van der Waals surface area contributed by atoms with E-state index in [1.54, 1.807) is 24.3 Å². The Kier molecular flexibility index (Phi) is 5.79. The quantitative estimate of drug-likeness (QED) is 0.448. The second-order valence-corrected chi connectivity index (χ2v) is 8.84. The number of hydrogen-bond donors (Lipinski definition) is 2. The molecule has 0 atom stereocenters. The highest BCUT2D eigenvalue weighted by Crippen LogP contribution is 2.39. The number of nitrogens with two attached hydrogens (primary N) is 1. The molecule has 9 heteroatoms. The minimum absolute atomic E-state index is 0.0164. The lowest BCUT2D eigenvalue weighted by molar-refractivity contribution is -0.114. The highest BCUT2D eigenvalue weighted by Gasteiger charge is 2.36. The van der Waals surface area contributed by atoms with Crippen LogP contribution in [0, 0.1) is 11.3 Å². The minimum Gasteiger partial charge on any atom is -0.321 e. The third kappa shape index (κ3) is 4.39. The van der Waals surface area contributed by atoms with Crippen molar-refractivity contribution < 1.29 is 18.0 Å². The van der Waals surface area contributed by atoms with Crippen LogP contribution in [0.3, 0.4) is 0 Å². The summed E-state index contributed by atoms with van der Waals surface area (Å²) < 4.78 is 22.8. The van der Waals surface area contributed by atoms with E-state index in [0.29, 0.717) is 11.3 Å². The molecule has 0 fully saturated rings. The Hall–Kier alpha value is -4.26. The van der Waals surface area contributed by atoms with Gasteiger partial charge >= 0.3 is 0 Å². The predicted molar refractivity (Wildman–Crippen MR) is 123 cm³/mol. The Labute approximate surface area is 190 Å². The van der Waals surface area contributed by atoms with Crippen LogP contribution in [0.15, 0.2) is 89.3 Å². The number of amides is 2. The van der Waals surface area contributed by atoms with Crippen molar-refractivity contribution in [2.24, 2.45) is 5.14 Å². The molecule has 4 rings (SSSR count). The molecule has 0 bridgehead atoms. The van der Waals surface area contributed by atoms with Gasteiger partial charge in [-0.15, -0.1) is 0 Å². The topological polar surface area (TPSA) is 133 Å². The highest BCUT2D eigenvalue weighted by atomic mass is 32.2. The molecule has 0 spiro atoms. The molecule has 1 aliphatic rings. The Morgan fingerprint density at radius 1 is 0.970 bits per heavy atom. The first-order chi connectivity index (χ1) is 15.8. The molecule has 3 N–H and O–H groups in total. The number of nitrogens with zero attached hydrogens (tertiary/aromatic N) is 2. The zero-order valence-electron chi connectivity index (χ0n) is 17.2. The van der Waals surface area contributed by atoms with Gasteiger partial charge in [0.2, 0.25) is 10.0 Å².